The van der Waals surface area contributed by atoms with E-state index in [1.54, 1.807) is 0 Å². The van der Waals surface area contributed by atoms with Crippen LogP contribution < -0.4 is 33.6 Å². The van der Waals surface area contributed by atoms with E-state index < -0.39 is 41.8 Å². The Kier molecular flexibility index (Phi) is 12.0. The lowest BCUT2D eigenvalue weighted by Crippen LogP contribution is -2.53. The van der Waals surface area contributed by atoms with Gasteiger partial charge < -0.3 is 43.6 Å². The molecule has 1 fully saturated rings. The van der Waals surface area contributed by atoms with Gasteiger partial charge in [0.25, 0.3) is 0 Å². The van der Waals surface area contributed by atoms with Gasteiger partial charge in [0.15, 0.2) is 5.96 Å². The second kappa shape index (κ2) is 14.2. The lowest BCUT2D eigenvalue weighted by Gasteiger charge is -2.23. The van der Waals surface area contributed by atoms with Crippen molar-refractivity contribution >= 4 is 29.7 Å². The monoisotopic (exact) mass is 456 g/mol. The molecule has 0 saturated carbocycles. The molecule has 0 bridgehead atoms. The molecule has 11 N–H and O–H groups in total. The number of hydrogen-bond donors (Lipinski definition) is 7. The zero-order valence-corrected chi connectivity index (χ0v) is 18.3. The molecule has 3 unspecified atom stereocenters. The maximum Gasteiger partial charge on any atom is 0.326 e. The fourth-order valence-corrected chi connectivity index (χ4v) is 3.40. The van der Waals surface area contributed by atoms with Crippen molar-refractivity contribution in [2.45, 2.75) is 63.1 Å². The zero-order chi connectivity index (χ0) is 24.1. The molecule has 32 heavy (non-hydrogen) atoms. The molecular weight excluding hydrogens is 420 g/mol. The number of carbonyl (C=O) groups is 4. The third kappa shape index (κ3) is 9.47. The number of carboxylic acid groups (broad SMARTS) is 1. The molecule has 13 nitrogen and oxygen atoms in total. The van der Waals surface area contributed by atoms with Crippen molar-refractivity contribution in [3.8, 4) is 0 Å². The predicted molar refractivity (Wildman–Crippen MR) is 118 cm³/mol. The normalized spacial score (nSPS) is 17.3. The van der Waals surface area contributed by atoms with Gasteiger partial charge in [0, 0.05) is 13.1 Å². The van der Waals surface area contributed by atoms with Gasteiger partial charge in [-0.3, -0.25) is 19.4 Å². The summed E-state index contributed by atoms with van der Waals surface area (Å²) in [6, 6.07) is -2.62. The summed E-state index contributed by atoms with van der Waals surface area (Å²) >= 11 is 0. The zero-order valence-electron chi connectivity index (χ0n) is 18.3. The van der Waals surface area contributed by atoms with E-state index in [9.17, 15) is 24.3 Å². The molecule has 1 aliphatic heterocycles. The van der Waals surface area contributed by atoms with E-state index in [0.717, 1.165) is 0 Å². The molecule has 1 aliphatic rings. The van der Waals surface area contributed by atoms with Crippen LogP contribution in [0, 0.1) is 0 Å². The van der Waals surface area contributed by atoms with Gasteiger partial charge in [-0.25, -0.2) is 4.79 Å². The molecule has 3 amide bonds. The Morgan fingerprint density at radius 1 is 1.09 bits per heavy atom. The summed E-state index contributed by atoms with van der Waals surface area (Å²) in [5, 5.41) is 14.3. The molecule has 1 heterocycles. The summed E-state index contributed by atoms with van der Waals surface area (Å²) in [7, 11) is 0. The van der Waals surface area contributed by atoms with Gasteiger partial charge in [-0.15, -0.1) is 0 Å². The minimum absolute atomic E-state index is 0.0437. The highest BCUT2D eigenvalue weighted by molar-refractivity contribution is 5.92. The molecule has 0 aromatic heterocycles. The Balaban J connectivity index is 2.61. The van der Waals surface area contributed by atoms with E-state index in [0.29, 0.717) is 64.6 Å². The molecular formula is C19H36N8O5. The van der Waals surface area contributed by atoms with E-state index in [1.165, 1.54) is 4.90 Å². The number of nitrogens with zero attached hydrogens (tertiary/aromatic N) is 2. The molecule has 0 radical (unpaired) electrons. The molecule has 13 heteroatoms. The van der Waals surface area contributed by atoms with Crippen LogP contribution >= 0.6 is 0 Å². The van der Waals surface area contributed by atoms with Crippen molar-refractivity contribution in [2.24, 2.45) is 27.9 Å². The summed E-state index contributed by atoms with van der Waals surface area (Å²) < 4.78 is 0. The van der Waals surface area contributed by atoms with Gasteiger partial charge in [-0.2, -0.15) is 0 Å². The van der Waals surface area contributed by atoms with E-state index in [2.05, 4.69) is 15.6 Å². The van der Waals surface area contributed by atoms with Crippen molar-refractivity contribution in [2.75, 3.05) is 26.2 Å². The average Bonchev–Trinajstić information content (AvgIpc) is 3.24. The number of nitrogens with one attached hydrogen (secondary N) is 2. The first-order valence-electron chi connectivity index (χ1n) is 10.8. The van der Waals surface area contributed by atoms with Crippen LogP contribution in [0.4, 0.5) is 0 Å². The molecule has 1 rings (SSSR count). The fraction of sp³-hybridized carbons (Fsp3) is 0.737. The second-order valence-corrected chi connectivity index (χ2v) is 7.70. The molecule has 0 aromatic carbocycles. The average molecular weight is 457 g/mol. The molecule has 182 valence electrons. The number of amides is 3. The van der Waals surface area contributed by atoms with E-state index in [4.69, 9.17) is 22.9 Å². The first kappa shape index (κ1) is 27.1. The summed E-state index contributed by atoms with van der Waals surface area (Å²) in [5.74, 6) is -2.63. The highest BCUT2D eigenvalue weighted by Gasteiger charge is 2.34. The third-order valence-corrected chi connectivity index (χ3v) is 5.16. The number of carbonyl (C=O) groups excluding carboxylic acids is 3. The molecule has 3 atom stereocenters. The number of aliphatic imine (C=N–C) groups is 1. The van der Waals surface area contributed by atoms with Gasteiger partial charge in [0.05, 0.1) is 12.6 Å². The van der Waals surface area contributed by atoms with Crippen LogP contribution in [0.5, 0.6) is 0 Å². The Bertz CT molecular complexity index is 683. The highest BCUT2D eigenvalue weighted by Crippen LogP contribution is 2.17. The Morgan fingerprint density at radius 3 is 2.44 bits per heavy atom. The third-order valence-electron chi connectivity index (χ3n) is 5.16. The Hall–Kier alpha value is -2.93. The lowest BCUT2D eigenvalue weighted by atomic mass is 10.1. The van der Waals surface area contributed by atoms with Gasteiger partial charge >= 0.3 is 5.97 Å². The highest BCUT2D eigenvalue weighted by atomic mass is 16.4. The minimum Gasteiger partial charge on any atom is -0.480 e. The van der Waals surface area contributed by atoms with Crippen LogP contribution in [0.2, 0.25) is 0 Å². The summed E-state index contributed by atoms with van der Waals surface area (Å²) in [6.07, 6.45) is 3.37. The van der Waals surface area contributed by atoms with E-state index >= 15 is 0 Å². The quantitative estimate of drug-likeness (QED) is 0.0809. The van der Waals surface area contributed by atoms with Gasteiger partial charge in [-0.05, 0) is 51.5 Å². The molecule has 0 aromatic rings. The van der Waals surface area contributed by atoms with Crippen molar-refractivity contribution < 1.29 is 24.3 Å². The SMILES string of the molecule is NCCCCC(NC(=O)C(N)CCCN=C(N)N)C(=O)NCC(=O)N1CCCC1C(=O)O. The maximum atomic E-state index is 12.6. The first-order chi connectivity index (χ1) is 15.2. The lowest BCUT2D eigenvalue weighted by molar-refractivity contribution is -0.148. The maximum absolute atomic E-state index is 12.6. The van der Waals surface area contributed by atoms with Crippen LogP contribution in [0.25, 0.3) is 0 Å². The van der Waals surface area contributed by atoms with E-state index in [1.807, 2.05) is 0 Å². The number of aliphatic carboxylic acids is 1. The number of hydrogen-bond acceptors (Lipinski definition) is 7. The van der Waals surface area contributed by atoms with Crippen LogP contribution in [0.1, 0.15) is 44.9 Å². The van der Waals surface area contributed by atoms with Gasteiger partial charge in [-0.1, -0.05) is 0 Å². The van der Waals surface area contributed by atoms with Crippen molar-refractivity contribution in [1.29, 1.82) is 0 Å². The summed E-state index contributed by atoms with van der Waals surface area (Å²) in [4.78, 5) is 53.7. The predicted octanol–water partition coefficient (Wildman–Crippen LogP) is -2.83. The number of carboxylic acids is 1. The van der Waals surface area contributed by atoms with Gasteiger partial charge in [0.2, 0.25) is 17.7 Å². The smallest absolute Gasteiger partial charge is 0.326 e. The number of likely N-dealkylation sites (tertiary alicyclic amines) is 1. The number of nitrogens with two attached hydrogens (primary N) is 4. The van der Waals surface area contributed by atoms with Crippen molar-refractivity contribution in [1.82, 2.24) is 15.5 Å². The van der Waals surface area contributed by atoms with Crippen molar-refractivity contribution in [3.05, 3.63) is 0 Å². The van der Waals surface area contributed by atoms with Gasteiger partial charge in [0.1, 0.15) is 12.1 Å². The topological polar surface area (TPSA) is 232 Å². The largest absolute Gasteiger partial charge is 0.480 e. The Labute approximate surface area is 187 Å². The second-order valence-electron chi connectivity index (χ2n) is 7.70. The number of guanidine groups is 1. The number of rotatable bonds is 14. The summed E-state index contributed by atoms with van der Waals surface area (Å²) in [6.45, 7) is 0.754. The summed E-state index contributed by atoms with van der Waals surface area (Å²) in [5.41, 5.74) is 21.9. The molecule has 0 aliphatic carbocycles. The minimum atomic E-state index is -1.07. The number of unbranched alkanes of at least 4 members (excludes halogenated alkanes) is 1. The van der Waals surface area contributed by atoms with Crippen LogP contribution in [0.15, 0.2) is 4.99 Å². The molecule has 1 saturated heterocycles. The standard InChI is InChI=1S/C19H36N8O5/c20-8-2-1-6-13(26-16(29)12(21)5-3-9-24-19(22)23)17(30)25-11-15(28)27-10-4-7-14(27)18(31)32/h12-14H,1-11,20-21H2,(H,25,30)(H,26,29)(H,31,32)(H4,22,23,24). The van der Waals surface area contributed by atoms with E-state index in [-0.39, 0.29) is 12.5 Å². The fourth-order valence-electron chi connectivity index (χ4n) is 3.40. The van der Waals surface area contributed by atoms with Crippen molar-refractivity contribution in [3.63, 3.8) is 0 Å². The first-order valence-corrected chi connectivity index (χ1v) is 10.8. The Morgan fingerprint density at radius 2 is 1.81 bits per heavy atom. The van der Waals surface area contributed by atoms with Crippen LogP contribution in [0.3, 0.4) is 0 Å². The van der Waals surface area contributed by atoms with Crippen LogP contribution in [-0.4, -0.2) is 84.0 Å². The molecule has 0 spiro atoms. The van der Waals surface area contributed by atoms with Crippen LogP contribution in [-0.2, 0) is 19.2 Å².